The number of rotatable bonds is 5. The molecule has 0 fully saturated rings. The Hall–Kier alpha value is -4.54. The molecule has 1 aliphatic heterocycles. The highest BCUT2D eigenvalue weighted by Gasteiger charge is 2.21. The normalized spacial score (nSPS) is 12.7. The Morgan fingerprint density at radius 3 is 2.94 bits per heavy atom. The van der Waals surface area contributed by atoms with E-state index in [0.717, 1.165) is 22.6 Å². The van der Waals surface area contributed by atoms with Crippen LogP contribution in [0.4, 0.5) is 10.3 Å². The van der Waals surface area contributed by atoms with E-state index in [1.54, 1.807) is 29.2 Å². The van der Waals surface area contributed by atoms with Crippen LogP contribution in [-0.2, 0) is 17.7 Å². The highest BCUT2D eigenvalue weighted by molar-refractivity contribution is 5.91. The quantitative estimate of drug-likeness (QED) is 0.388. The Kier molecular flexibility index (Phi) is 4.83. The Bertz CT molecular complexity index is 1630. The maximum absolute atomic E-state index is 14.6. The molecule has 0 bridgehead atoms. The number of anilines is 1. The number of aryl methyl sites for hydroxylation is 1. The molecule has 10 nitrogen and oxygen atoms in total. The maximum atomic E-state index is 14.6. The predicted molar refractivity (Wildman–Crippen MR) is 124 cm³/mol. The summed E-state index contributed by atoms with van der Waals surface area (Å²) in [4.78, 5) is 21.1. The molecule has 5 aromatic rings. The number of ether oxygens (including phenoxy) is 2. The van der Waals surface area contributed by atoms with Gasteiger partial charge < -0.3 is 19.2 Å². The lowest BCUT2D eigenvalue weighted by Gasteiger charge is -2.13. The molecule has 176 valence electrons. The Morgan fingerprint density at radius 2 is 2.09 bits per heavy atom. The minimum absolute atomic E-state index is 0.202. The summed E-state index contributed by atoms with van der Waals surface area (Å²) in [5.74, 6) is 0.372. The number of fused-ring (bicyclic) bond motifs is 3. The van der Waals surface area contributed by atoms with E-state index in [1.165, 1.54) is 13.2 Å². The van der Waals surface area contributed by atoms with Gasteiger partial charge in [-0.2, -0.15) is 0 Å². The van der Waals surface area contributed by atoms with Gasteiger partial charge in [-0.3, -0.25) is 4.40 Å². The van der Waals surface area contributed by atoms with Gasteiger partial charge in [0.25, 0.3) is 0 Å². The maximum Gasteiger partial charge on any atom is 0.358 e. The smallest absolute Gasteiger partial charge is 0.358 e. The molecule has 0 saturated carbocycles. The lowest BCUT2D eigenvalue weighted by Crippen LogP contribution is -2.10. The van der Waals surface area contributed by atoms with Crippen LogP contribution in [0.5, 0.6) is 5.75 Å². The number of hydrogen-bond acceptors (Lipinski definition) is 8. The average Bonchev–Trinajstić information content (AvgIpc) is 3.63. The third-order valence-electron chi connectivity index (χ3n) is 6.20. The average molecular weight is 473 g/mol. The topological polar surface area (TPSA) is 108 Å². The standard InChI is InChI=1S/C24H20FN7O3/c1-13-3-4-15(21-29-19(11-31(13)21)23(33)34-2)17-10-27-24(32-12-28-30-22(17)32)26-9-16-14-7-8-35-20(14)6-5-18(16)25/h3-6,10-12H,7-9H2,1-2H3,(H,26,27). The van der Waals surface area contributed by atoms with Gasteiger partial charge in [-0.25, -0.2) is 19.2 Å². The van der Waals surface area contributed by atoms with Crippen LogP contribution in [0.2, 0.25) is 0 Å². The first-order chi connectivity index (χ1) is 17.0. The van der Waals surface area contributed by atoms with Crippen LogP contribution in [0.25, 0.3) is 22.4 Å². The first kappa shape index (κ1) is 21.0. The molecular formula is C24H20FN7O3. The molecule has 0 aliphatic carbocycles. The summed E-state index contributed by atoms with van der Waals surface area (Å²) in [6.07, 6.45) is 5.51. The Morgan fingerprint density at radius 1 is 1.20 bits per heavy atom. The number of hydrogen-bond donors (Lipinski definition) is 1. The van der Waals surface area contributed by atoms with Gasteiger partial charge >= 0.3 is 5.97 Å². The van der Waals surface area contributed by atoms with Gasteiger partial charge in [0.05, 0.1) is 13.7 Å². The zero-order valence-corrected chi connectivity index (χ0v) is 18.9. The highest BCUT2D eigenvalue weighted by Crippen LogP contribution is 2.32. The van der Waals surface area contributed by atoms with Crippen LogP contribution < -0.4 is 10.1 Å². The number of carbonyl (C=O) groups is 1. The van der Waals surface area contributed by atoms with Gasteiger partial charge in [0.15, 0.2) is 11.3 Å². The molecule has 11 heteroatoms. The van der Waals surface area contributed by atoms with Crippen molar-refractivity contribution in [2.45, 2.75) is 19.9 Å². The second-order valence-electron chi connectivity index (χ2n) is 8.17. The lowest BCUT2D eigenvalue weighted by molar-refractivity contribution is 0.0595. The van der Waals surface area contributed by atoms with E-state index in [0.29, 0.717) is 41.4 Å². The second kappa shape index (κ2) is 8.05. The summed E-state index contributed by atoms with van der Waals surface area (Å²) in [6, 6.07) is 6.91. The lowest BCUT2D eigenvalue weighted by atomic mass is 10.0. The minimum atomic E-state index is -0.519. The van der Waals surface area contributed by atoms with Gasteiger partial charge in [-0.05, 0) is 31.2 Å². The zero-order valence-electron chi connectivity index (χ0n) is 18.9. The van der Waals surface area contributed by atoms with Gasteiger partial charge in [0, 0.05) is 53.3 Å². The molecule has 1 aliphatic rings. The first-order valence-electron chi connectivity index (χ1n) is 11.0. The summed E-state index contributed by atoms with van der Waals surface area (Å²) in [7, 11) is 1.32. The number of pyridine rings is 1. The van der Waals surface area contributed by atoms with Gasteiger partial charge in [-0.1, -0.05) is 0 Å². The van der Waals surface area contributed by atoms with Crippen molar-refractivity contribution in [1.29, 1.82) is 0 Å². The van der Waals surface area contributed by atoms with Crippen molar-refractivity contribution in [3.63, 3.8) is 0 Å². The number of nitrogens with one attached hydrogen (secondary N) is 1. The van der Waals surface area contributed by atoms with E-state index in [2.05, 4.69) is 25.5 Å². The summed E-state index contributed by atoms with van der Waals surface area (Å²) in [5.41, 5.74) is 5.05. The van der Waals surface area contributed by atoms with Crippen molar-refractivity contribution in [1.82, 2.24) is 29.0 Å². The number of nitrogens with zero attached hydrogens (tertiary/aromatic N) is 6. The van der Waals surface area contributed by atoms with Crippen LogP contribution in [0.1, 0.15) is 27.3 Å². The molecule has 1 aromatic carbocycles. The zero-order chi connectivity index (χ0) is 24.1. The van der Waals surface area contributed by atoms with Crippen LogP contribution in [0, 0.1) is 12.7 Å². The van der Waals surface area contributed by atoms with E-state index < -0.39 is 5.97 Å². The predicted octanol–water partition coefficient (Wildman–Crippen LogP) is 3.22. The molecule has 0 unspecified atom stereocenters. The summed E-state index contributed by atoms with van der Waals surface area (Å²) in [5, 5.41) is 11.6. The fraction of sp³-hybridized carbons (Fsp3) is 0.208. The van der Waals surface area contributed by atoms with E-state index >= 15 is 0 Å². The van der Waals surface area contributed by atoms with Gasteiger partial charge in [-0.15, -0.1) is 10.2 Å². The number of benzene rings is 1. The number of esters is 1. The molecule has 6 rings (SSSR count). The van der Waals surface area contributed by atoms with E-state index in [1.807, 2.05) is 23.5 Å². The number of aromatic nitrogens is 6. The summed E-state index contributed by atoms with van der Waals surface area (Å²) in [6.45, 7) is 2.70. The van der Waals surface area contributed by atoms with Crippen molar-refractivity contribution >= 4 is 23.2 Å². The van der Waals surface area contributed by atoms with Gasteiger partial charge in [0.1, 0.15) is 23.5 Å². The van der Waals surface area contributed by atoms with E-state index in [9.17, 15) is 9.18 Å². The largest absolute Gasteiger partial charge is 0.493 e. The molecular weight excluding hydrogens is 453 g/mol. The van der Waals surface area contributed by atoms with E-state index in [-0.39, 0.29) is 18.1 Å². The Balaban J connectivity index is 1.40. The number of imidazole rings is 1. The van der Waals surface area contributed by atoms with Crippen LogP contribution in [-0.4, -0.2) is 48.7 Å². The fourth-order valence-corrected chi connectivity index (χ4v) is 4.42. The molecule has 5 heterocycles. The highest BCUT2D eigenvalue weighted by atomic mass is 19.1. The number of methoxy groups -OCH3 is 1. The van der Waals surface area contributed by atoms with Crippen molar-refractivity contribution in [2.75, 3.05) is 19.0 Å². The summed E-state index contributed by atoms with van der Waals surface area (Å²) >= 11 is 0. The molecule has 0 radical (unpaired) electrons. The van der Waals surface area contributed by atoms with Crippen LogP contribution in [0.3, 0.4) is 0 Å². The molecule has 0 spiro atoms. The molecule has 35 heavy (non-hydrogen) atoms. The molecule has 0 saturated heterocycles. The number of halogens is 1. The van der Waals surface area contributed by atoms with Crippen molar-refractivity contribution in [3.05, 3.63) is 71.3 Å². The molecule has 0 amide bonds. The Labute approximate surface area is 198 Å². The SMILES string of the molecule is COC(=O)c1cn2c(C)ccc(-c3cnc(NCc4c(F)ccc5c4CCO5)n4cnnc34)c2n1. The molecule has 0 atom stereocenters. The third kappa shape index (κ3) is 3.35. The monoisotopic (exact) mass is 473 g/mol. The summed E-state index contributed by atoms with van der Waals surface area (Å²) < 4.78 is 28.5. The minimum Gasteiger partial charge on any atom is -0.493 e. The van der Waals surface area contributed by atoms with Crippen LogP contribution in [0.15, 0.2) is 43.0 Å². The van der Waals surface area contributed by atoms with E-state index in [4.69, 9.17) is 9.47 Å². The third-order valence-corrected chi connectivity index (χ3v) is 6.20. The van der Waals surface area contributed by atoms with Crippen molar-refractivity contribution in [2.24, 2.45) is 0 Å². The first-order valence-corrected chi connectivity index (χ1v) is 11.0. The fourth-order valence-electron chi connectivity index (χ4n) is 4.42. The number of carbonyl (C=O) groups excluding carboxylic acids is 1. The van der Waals surface area contributed by atoms with Gasteiger partial charge in [0.2, 0.25) is 5.95 Å². The molecule has 1 N–H and O–H groups in total. The molecule has 4 aromatic heterocycles. The van der Waals surface area contributed by atoms with Crippen molar-refractivity contribution in [3.8, 4) is 16.9 Å². The van der Waals surface area contributed by atoms with Crippen molar-refractivity contribution < 1.29 is 18.7 Å². The van der Waals surface area contributed by atoms with Crippen LogP contribution >= 0.6 is 0 Å². The second-order valence-corrected chi connectivity index (χ2v) is 8.17.